The van der Waals surface area contributed by atoms with E-state index in [9.17, 15) is 4.79 Å². The molecular formula is C19H16Cl2N4O. The van der Waals surface area contributed by atoms with Crippen molar-refractivity contribution in [1.82, 2.24) is 19.7 Å². The van der Waals surface area contributed by atoms with Crippen LogP contribution in [-0.4, -0.2) is 32.1 Å². The Bertz CT molecular complexity index is 971. The zero-order chi connectivity index (χ0) is 18.3. The molecule has 1 amide bonds. The highest BCUT2D eigenvalue weighted by molar-refractivity contribution is 6.43. The van der Waals surface area contributed by atoms with Crippen molar-refractivity contribution in [1.29, 1.82) is 0 Å². The molecule has 0 bridgehead atoms. The van der Waals surface area contributed by atoms with Crippen LogP contribution < -0.4 is 0 Å². The fraction of sp³-hybridized carbons (Fsp3) is 0.211. The van der Waals surface area contributed by atoms with Gasteiger partial charge in [-0.2, -0.15) is 0 Å². The summed E-state index contributed by atoms with van der Waals surface area (Å²) in [4.78, 5) is 14.7. The lowest BCUT2D eigenvalue weighted by molar-refractivity contribution is 0.0682. The standard InChI is InChI=1S/C19H16Cl2N4O/c1-12-10-24(19(26)14-8-5-9-15(20)17(14)21)11-16-22-23-18(25(12)16)13-6-3-2-4-7-13/h2-9,12H,10-11H2,1H3. The number of aromatic nitrogens is 3. The van der Waals surface area contributed by atoms with Crippen LogP contribution in [0.5, 0.6) is 0 Å². The minimum atomic E-state index is -0.153. The summed E-state index contributed by atoms with van der Waals surface area (Å²) >= 11 is 12.3. The van der Waals surface area contributed by atoms with Gasteiger partial charge in [0.1, 0.15) is 0 Å². The molecule has 4 rings (SSSR count). The Hall–Kier alpha value is -2.37. The van der Waals surface area contributed by atoms with Crippen LogP contribution >= 0.6 is 23.2 Å². The Kier molecular flexibility index (Phi) is 4.42. The van der Waals surface area contributed by atoms with E-state index in [4.69, 9.17) is 23.2 Å². The van der Waals surface area contributed by atoms with Crippen molar-refractivity contribution in [3.63, 3.8) is 0 Å². The van der Waals surface area contributed by atoms with Gasteiger partial charge in [-0.25, -0.2) is 0 Å². The lowest BCUT2D eigenvalue weighted by Crippen LogP contribution is -2.40. The SMILES string of the molecule is CC1CN(C(=O)c2cccc(Cl)c2Cl)Cc2nnc(-c3ccccc3)n21. The molecule has 0 saturated carbocycles. The van der Waals surface area contributed by atoms with Crippen LogP contribution in [0.15, 0.2) is 48.5 Å². The number of hydrogen-bond acceptors (Lipinski definition) is 3. The molecule has 0 aliphatic carbocycles. The summed E-state index contributed by atoms with van der Waals surface area (Å²) in [7, 11) is 0. The van der Waals surface area contributed by atoms with E-state index >= 15 is 0 Å². The van der Waals surface area contributed by atoms with Crippen molar-refractivity contribution in [2.75, 3.05) is 6.54 Å². The van der Waals surface area contributed by atoms with Gasteiger partial charge in [-0.3, -0.25) is 4.79 Å². The van der Waals surface area contributed by atoms with Gasteiger partial charge in [-0.05, 0) is 19.1 Å². The quantitative estimate of drug-likeness (QED) is 0.652. The van der Waals surface area contributed by atoms with Crippen molar-refractivity contribution in [2.24, 2.45) is 0 Å². The van der Waals surface area contributed by atoms with Gasteiger partial charge in [0.2, 0.25) is 0 Å². The van der Waals surface area contributed by atoms with E-state index in [-0.39, 0.29) is 17.0 Å². The van der Waals surface area contributed by atoms with Crippen LogP contribution in [0.2, 0.25) is 10.0 Å². The van der Waals surface area contributed by atoms with E-state index < -0.39 is 0 Å². The maximum Gasteiger partial charge on any atom is 0.255 e. The molecule has 5 nitrogen and oxygen atoms in total. The monoisotopic (exact) mass is 386 g/mol. The van der Waals surface area contributed by atoms with Crippen LogP contribution in [0, 0.1) is 0 Å². The number of benzene rings is 2. The second-order valence-electron chi connectivity index (χ2n) is 6.31. The molecule has 1 atom stereocenters. The van der Waals surface area contributed by atoms with Crippen molar-refractivity contribution in [3.05, 3.63) is 70.0 Å². The predicted octanol–water partition coefficient (Wildman–Crippen LogP) is 4.47. The van der Waals surface area contributed by atoms with Crippen molar-refractivity contribution in [3.8, 4) is 11.4 Å². The van der Waals surface area contributed by atoms with E-state index in [0.717, 1.165) is 17.2 Å². The molecule has 2 aromatic carbocycles. The van der Waals surface area contributed by atoms with Crippen LogP contribution in [0.3, 0.4) is 0 Å². The summed E-state index contributed by atoms with van der Waals surface area (Å²) < 4.78 is 2.10. The van der Waals surface area contributed by atoms with Crippen LogP contribution in [0.25, 0.3) is 11.4 Å². The highest BCUT2D eigenvalue weighted by Gasteiger charge is 2.31. The number of carbonyl (C=O) groups is 1. The van der Waals surface area contributed by atoms with Crippen molar-refractivity contribution in [2.45, 2.75) is 19.5 Å². The third-order valence-corrected chi connectivity index (χ3v) is 5.34. The molecule has 7 heteroatoms. The van der Waals surface area contributed by atoms with E-state index in [1.165, 1.54) is 0 Å². The minimum absolute atomic E-state index is 0.0471. The van der Waals surface area contributed by atoms with Crippen LogP contribution in [-0.2, 0) is 6.54 Å². The summed E-state index contributed by atoms with van der Waals surface area (Å²) in [6, 6.07) is 15.1. The maximum atomic E-state index is 12.9. The Labute approximate surface area is 161 Å². The second-order valence-corrected chi connectivity index (χ2v) is 7.10. The number of carbonyl (C=O) groups excluding carboxylic acids is 1. The molecule has 1 unspecified atom stereocenters. The molecule has 0 N–H and O–H groups in total. The van der Waals surface area contributed by atoms with Crippen molar-refractivity contribution < 1.29 is 4.79 Å². The zero-order valence-electron chi connectivity index (χ0n) is 14.1. The fourth-order valence-corrected chi connectivity index (χ4v) is 3.69. The molecule has 26 heavy (non-hydrogen) atoms. The van der Waals surface area contributed by atoms with Gasteiger partial charge in [0.25, 0.3) is 5.91 Å². The fourth-order valence-electron chi connectivity index (χ4n) is 3.31. The van der Waals surface area contributed by atoms with E-state index in [1.807, 2.05) is 30.3 Å². The number of amides is 1. The van der Waals surface area contributed by atoms with Gasteiger partial charge in [0.15, 0.2) is 11.6 Å². The number of nitrogens with zero attached hydrogens (tertiary/aromatic N) is 4. The van der Waals surface area contributed by atoms with Crippen molar-refractivity contribution >= 4 is 29.1 Å². The first kappa shape index (κ1) is 17.1. The van der Waals surface area contributed by atoms with Gasteiger partial charge in [-0.1, -0.05) is 59.6 Å². The third-order valence-electron chi connectivity index (χ3n) is 4.53. The van der Waals surface area contributed by atoms with Crippen LogP contribution in [0.1, 0.15) is 29.1 Å². The lowest BCUT2D eigenvalue weighted by atomic mass is 10.1. The Morgan fingerprint density at radius 1 is 1.08 bits per heavy atom. The number of rotatable bonds is 2. The Morgan fingerprint density at radius 2 is 1.85 bits per heavy atom. The highest BCUT2D eigenvalue weighted by Crippen LogP contribution is 2.31. The zero-order valence-corrected chi connectivity index (χ0v) is 15.6. The van der Waals surface area contributed by atoms with E-state index in [2.05, 4.69) is 21.7 Å². The maximum absolute atomic E-state index is 12.9. The molecule has 0 fully saturated rings. The third kappa shape index (κ3) is 2.87. The first-order valence-electron chi connectivity index (χ1n) is 8.28. The Balaban J connectivity index is 1.66. The second kappa shape index (κ2) is 6.74. The van der Waals surface area contributed by atoms with Gasteiger partial charge < -0.3 is 9.47 Å². The summed E-state index contributed by atoms with van der Waals surface area (Å²) in [6.07, 6.45) is 0. The largest absolute Gasteiger partial charge is 0.329 e. The molecular weight excluding hydrogens is 371 g/mol. The molecule has 1 aliphatic rings. The molecule has 0 radical (unpaired) electrons. The van der Waals surface area contributed by atoms with Gasteiger partial charge in [0, 0.05) is 12.1 Å². The summed E-state index contributed by atoms with van der Waals surface area (Å²) in [5, 5.41) is 9.31. The first-order chi connectivity index (χ1) is 12.6. The van der Waals surface area contributed by atoms with E-state index in [0.29, 0.717) is 23.7 Å². The number of hydrogen-bond donors (Lipinski definition) is 0. The summed E-state index contributed by atoms with van der Waals surface area (Å²) in [5.41, 5.74) is 1.42. The average molecular weight is 387 g/mol. The lowest BCUT2D eigenvalue weighted by Gasteiger charge is -2.32. The number of halogens is 2. The average Bonchev–Trinajstić information content (AvgIpc) is 3.09. The minimum Gasteiger partial charge on any atom is -0.329 e. The van der Waals surface area contributed by atoms with Gasteiger partial charge in [0.05, 0.1) is 28.2 Å². The first-order valence-corrected chi connectivity index (χ1v) is 9.04. The molecule has 0 saturated heterocycles. The highest BCUT2D eigenvalue weighted by atomic mass is 35.5. The normalized spacial score (nSPS) is 16.4. The van der Waals surface area contributed by atoms with E-state index in [1.54, 1.807) is 23.1 Å². The molecule has 0 spiro atoms. The number of fused-ring (bicyclic) bond motifs is 1. The smallest absolute Gasteiger partial charge is 0.255 e. The van der Waals surface area contributed by atoms with Gasteiger partial charge in [-0.15, -0.1) is 10.2 Å². The van der Waals surface area contributed by atoms with Crippen LogP contribution in [0.4, 0.5) is 0 Å². The predicted molar refractivity (Wildman–Crippen MR) is 101 cm³/mol. The molecule has 1 aromatic heterocycles. The molecule has 1 aliphatic heterocycles. The molecule has 2 heterocycles. The summed E-state index contributed by atoms with van der Waals surface area (Å²) in [5.74, 6) is 1.43. The van der Waals surface area contributed by atoms with Gasteiger partial charge >= 0.3 is 0 Å². The Morgan fingerprint density at radius 3 is 2.62 bits per heavy atom. The molecule has 3 aromatic rings. The molecule has 132 valence electrons. The summed E-state index contributed by atoms with van der Waals surface area (Å²) in [6.45, 7) is 2.98. The topological polar surface area (TPSA) is 51.0 Å².